The van der Waals surface area contributed by atoms with E-state index in [1.807, 2.05) is 23.1 Å². The molecule has 2 saturated carbocycles. The molecule has 3 aliphatic carbocycles. The zero-order valence-corrected chi connectivity index (χ0v) is 28.5. The van der Waals surface area contributed by atoms with E-state index >= 15 is 4.39 Å². The number of alkyl halides is 1. The number of aliphatic hydroxyl groups is 1. The number of carbonyl (C=O) groups is 1. The van der Waals surface area contributed by atoms with E-state index in [2.05, 4.69) is 67.6 Å². The van der Waals surface area contributed by atoms with Gasteiger partial charge in [-0.2, -0.15) is 0 Å². The number of benzene rings is 4. The van der Waals surface area contributed by atoms with Crippen molar-refractivity contribution in [3.05, 3.63) is 107 Å². The highest BCUT2D eigenvalue weighted by Crippen LogP contribution is 2.63. The van der Waals surface area contributed by atoms with Gasteiger partial charge in [0.25, 0.3) is 0 Å². The van der Waals surface area contributed by atoms with Gasteiger partial charge in [0.1, 0.15) is 11.9 Å². The summed E-state index contributed by atoms with van der Waals surface area (Å²) in [6.07, 6.45) is 7.18. The van der Waals surface area contributed by atoms with E-state index in [-0.39, 0.29) is 28.9 Å². The number of hydrogen-bond donors (Lipinski definition) is 2. The lowest BCUT2D eigenvalue weighted by Gasteiger charge is -2.54. The van der Waals surface area contributed by atoms with Crippen LogP contribution < -0.4 is 4.90 Å². The van der Waals surface area contributed by atoms with Crippen LogP contribution in [0.2, 0.25) is 0 Å². The van der Waals surface area contributed by atoms with E-state index in [4.69, 9.17) is 0 Å². The second kappa shape index (κ2) is 13.7. The number of aromatic hydroxyl groups is 1. The molecule has 0 radical (unpaired) electrons. The first-order valence-electron chi connectivity index (χ1n) is 18.2. The molecule has 0 aromatic heterocycles. The molecule has 3 aliphatic rings. The number of carbonyl (C=O) groups excluding carboxylic acids is 1. The summed E-state index contributed by atoms with van der Waals surface area (Å²) in [7, 11) is 0. The van der Waals surface area contributed by atoms with Gasteiger partial charge in [0, 0.05) is 25.1 Å². The minimum Gasteiger partial charge on any atom is -0.508 e. The van der Waals surface area contributed by atoms with Crippen molar-refractivity contribution >= 4 is 22.4 Å². The fourth-order valence-electron chi connectivity index (χ4n) is 10.1. The second-order valence-electron chi connectivity index (χ2n) is 15.2. The Kier molecular flexibility index (Phi) is 9.35. The van der Waals surface area contributed by atoms with Gasteiger partial charge in [0.15, 0.2) is 0 Å². The van der Waals surface area contributed by atoms with Crippen molar-refractivity contribution < 1.29 is 19.4 Å². The maximum Gasteiger partial charge on any atom is 0.223 e. The summed E-state index contributed by atoms with van der Waals surface area (Å²) in [4.78, 5) is 15.1. The van der Waals surface area contributed by atoms with Crippen LogP contribution in [0.5, 0.6) is 5.75 Å². The molecule has 0 heterocycles. The van der Waals surface area contributed by atoms with Gasteiger partial charge >= 0.3 is 0 Å². The number of phenolic OH excluding ortho intramolecular Hbond substituents is 1. The van der Waals surface area contributed by atoms with Crippen LogP contribution >= 0.6 is 0 Å². The normalized spacial score (nSPS) is 27.7. The second-order valence-corrected chi connectivity index (χ2v) is 15.2. The van der Waals surface area contributed by atoms with Crippen molar-refractivity contribution in [2.45, 2.75) is 96.2 Å². The van der Waals surface area contributed by atoms with Gasteiger partial charge in [0.2, 0.25) is 5.91 Å². The molecule has 7 rings (SSSR count). The van der Waals surface area contributed by atoms with E-state index in [0.29, 0.717) is 24.8 Å². The van der Waals surface area contributed by atoms with Crippen molar-refractivity contribution in [1.82, 2.24) is 0 Å². The number of nitrogens with zero attached hydrogens (tertiary/aromatic N) is 1. The molecule has 5 heteroatoms. The molecule has 0 bridgehead atoms. The van der Waals surface area contributed by atoms with E-state index in [1.165, 1.54) is 21.9 Å². The zero-order chi connectivity index (χ0) is 33.4. The Bertz CT molecular complexity index is 1760. The lowest BCUT2D eigenvalue weighted by atomic mass is 9.51. The maximum atomic E-state index is 16.3. The fraction of sp³-hybridized carbons (Fsp3) is 0.465. The molecular formula is C43H50FNO3. The average Bonchev–Trinajstić information content (AvgIpc) is 3.38. The van der Waals surface area contributed by atoms with E-state index < -0.39 is 12.3 Å². The highest BCUT2D eigenvalue weighted by Gasteiger charge is 2.59. The van der Waals surface area contributed by atoms with Crippen LogP contribution in [0, 0.1) is 23.2 Å². The molecule has 2 N–H and O–H groups in total. The SMILES string of the molecule is CC(=O)N(CCCc1ccccc1)c1ccc2ccccc2c1CCCC[C@@H]1Cc2cc(O)ccc2C2C1C1CC[C@H](O)[C@@]1(C)C[C@@H]2F. The van der Waals surface area contributed by atoms with Crippen LogP contribution in [-0.2, 0) is 24.1 Å². The van der Waals surface area contributed by atoms with Crippen LogP contribution in [0.15, 0.2) is 84.9 Å². The summed E-state index contributed by atoms with van der Waals surface area (Å²) in [5.74, 6) is 0.943. The van der Waals surface area contributed by atoms with Crippen molar-refractivity contribution in [2.75, 3.05) is 11.4 Å². The van der Waals surface area contributed by atoms with Crippen LogP contribution in [0.4, 0.5) is 10.1 Å². The summed E-state index contributed by atoms with van der Waals surface area (Å²) in [6.45, 7) is 4.47. The predicted octanol–water partition coefficient (Wildman–Crippen LogP) is 9.34. The molecule has 4 nitrogen and oxygen atoms in total. The number of amides is 1. The Morgan fingerprint density at radius 3 is 2.54 bits per heavy atom. The van der Waals surface area contributed by atoms with Gasteiger partial charge in [-0.05, 0) is 132 Å². The number of unbranched alkanes of at least 4 members (excludes halogenated alkanes) is 1. The predicted molar refractivity (Wildman–Crippen MR) is 192 cm³/mol. The smallest absolute Gasteiger partial charge is 0.223 e. The standard InChI is InChI=1S/C43H50FNO3/c1-28(46)45(24-10-13-29-11-4-3-5-12-29)39-22-18-30-14-6-8-16-34(30)36(39)17-9-7-15-31-25-32-26-33(47)19-20-35(32)42-38(44)27-43(2)37(41(31)42)21-23-40(43)48/h3-6,8,11-12,14,16,18-20,22,26,31,37-38,40-42,47-48H,7,9-10,13,15,17,21,23-25,27H2,1-2H3/t31-,37?,38+,40+,41?,42?,43+/m1/s1. The summed E-state index contributed by atoms with van der Waals surface area (Å²) >= 11 is 0. The summed E-state index contributed by atoms with van der Waals surface area (Å²) in [6, 6.07) is 28.7. The lowest BCUT2D eigenvalue weighted by Crippen LogP contribution is -2.51. The van der Waals surface area contributed by atoms with Gasteiger partial charge < -0.3 is 15.1 Å². The Hall–Kier alpha value is -3.70. The molecule has 0 saturated heterocycles. The maximum absolute atomic E-state index is 16.3. The Labute approximate surface area is 285 Å². The minimum absolute atomic E-state index is 0.0645. The molecule has 3 unspecified atom stereocenters. The first kappa shape index (κ1) is 32.8. The molecule has 2 fully saturated rings. The van der Waals surface area contributed by atoms with Crippen LogP contribution in [0.25, 0.3) is 10.8 Å². The van der Waals surface area contributed by atoms with Gasteiger partial charge in [0.05, 0.1) is 6.10 Å². The molecule has 0 spiro atoms. The number of rotatable bonds is 10. The minimum atomic E-state index is -0.993. The zero-order valence-electron chi connectivity index (χ0n) is 28.5. The third-order valence-electron chi connectivity index (χ3n) is 12.4. The molecule has 7 atom stereocenters. The van der Waals surface area contributed by atoms with Crippen molar-refractivity contribution in [3.63, 3.8) is 0 Å². The van der Waals surface area contributed by atoms with Gasteiger partial charge in [-0.15, -0.1) is 0 Å². The number of hydrogen-bond acceptors (Lipinski definition) is 3. The van der Waals surface area contributed by atoms with Gasteiger partial charge in [-0.25, -0.2) is 4.39 Å². The molecule has 48 heavy (non-hydrogen) atoms. The Balaban J connectivity index is 1.11. The Morgan fingerprint density at radius 1 is 0.938 bits per heavy atom. The summed E-state index contributed by atoms with van der Waals surface area (Å²) in [5.41, 5.74) is 5.32. The van der Waals surface area contributed by atoms with E-state index in [9.17, 15) is 15.0 Å². The van der Waals surface area contributed by atoms with Crippen LogP contribution in [0.3, 0.4) is 0 Å². The lowest BCUT2D eigenvalue weighted by molar-refractivity contribution is -0.116. The first-order chi connectivity index (χ1) is 23.2. The molecule has 4 aromatic rings. The van der Waals surface area contributed by atoms with Gasteiger partial charge in [-0.1, -0.05) is 80.1 Å². The number of anilines is 1. The molecule has 4 aromatic carbocycles. The van der Waals surface area contributed by atoms with Crippen LogP contribution in [-0.4, -0.2) is 34.9 Å². The van der Waals surface area contributed by atoms with Crippen molar-refractivity contribution in [1.29, 1.82) is 0 Å². The molecule has 0 aliphatic heterocycles. The fourth-order valence-corrected chi connectivity index (χ4v) is 10.1. The van der Waals surface area contributed by atoms with E-state index in [0.717, 1.165) is 74.6 Å². The highest BCUT2D eigenvalue weighted by molar-refractivity contribution is 5.98. The number of phenols is 1. The van der Waals surface area contributed by atoms with E-state index in [1.54, 1.807) is 13.0 Å². The number of aryl methyl sites for hydroxylation is 2. The van der Waals surface area contributed by atoms with Gasteiger partial charge in [-0.3, -0.25) is 4.79 Å². The highest BCUT2D eigenvalue weighted by atomic mass is 19.1. The van der Waals surface area contributed by atoms with Crippen molar-refractivity contribution in [3.8, 4) is 5.75 Å². The number of aliphatic hydroxyl groups excluding tert-OH is 1. The summed E-state index contributed by atoms with van der Waals surface area (Å²) < 4.78 is 16.3. The molecular weight excluding hydrogens is 597 g/mol. The first-order valence-corrected chi connectivity index (χ1v) is 18.2. The topological polar surface area (TPSA) is 60.8 Å². The molecule has 1 amide bonds. The number of fused-ring (bicyclic) bond motifs is 6. The quantitative estimate of drug-likeness (QED) is 0.169. The average molecular weight is 648 g/mol. The third-order valence-corrected chi connectivity index (χ3v) is 12.4. The Morgan fingerprint density at radius 2 is 1.73 bits per heavy atom. The third kappa shape index (κ3) is 6.15. The van der Waals surface area contributed by atoms with Crippen molar-refractivity contribution in [2.24, 2.45) is 23.2 Å². The largest absolute Gasteiger partial charge is 0.508 e. The molecule has 252 valence electrons. The number of halogens is 1. The monoisotopic (exact) mass is 647 g/mol. The van der Waals surface area contributed by atoms with Crippen LogP contribution in [0.1, 0.15) is 87.0 Å². The summed E-state index contributed by atoms with van der Waals surface area (Å²) in [5, 5.41) is 23.8.